The lowest BCUT2D eigenvalue weighted by Gasteiger charge is -2.24. The maximum Gasteiger partial charge on any atom is 0.243 e. The van der Waals surface area contributed by atoms with Crippen LogP contribution in [0.15, 0.2) is 35.2 Å². The average molecular weight is 353 g/mol. The quantitative estimate of drug-likeness (QED) is 0.774. The van der Waals surface area contributed by atoms with E-state index in [0.29, 0.717) is 39.0 Å². The number of sulfonamides is 1. The molecule has 2 aliphatic rings. The van der Waals surface area contributed by atoms with Crippen molar-refractivity contribution in [2.45, 2.75) is 29.9 Å². The lowest BCUT2D eigenvalue weighted by atomic mass is 10.2. The first-order valence-electron chi connectivity index (χ1n) is 8.24. The number of carbonyl (C=O) groups is 1. The van der Waals surface area contributed by atoms with Gasteiger partial charge in [0.25, 0.3) is 0 Å². The summed E-state index contributed by atoms with van der Waals surface area (Å²) in [4.78, 5) is 14.5. The molecule has 0 bridgehead atoms. The second-order valence-corrected chi connectivity index (χ2v) is 8.18. The van der Waals surface area contributed by atoms with E-state index in [0.717, 1.165) is 0 Å². The molecule has 2 unspecified atom stereocenters. The molecule has 2 N–H and O–H groups in total. The Morgan fingerprint density at radius 2 is 1.88 bits per heavy atom. The monoisotopic (exact) mass is 353 g/mol. The molecule has 24 heavy (non-hydrogen) atoms. The number of nitrogens with one attached hydrogen (secondary N) is 1. The van der Waals surface area contributed by atoms with Gasteiger partial charge in [-0.05, 0) is 25.0 Å². The Morgan fingerprint density at radius 3 is 2.54 bits per heavy atom. The molecule has 132 valence electrons. The smallest absolute Gasteiger partial charge is 0.243 e. The van der Waals surface area contributed by atoms with Gasteiger partial charge in [-0.1, -0.05) is 18.2 Å². The highest BCUT2D eigenvalue weighted by atomic mass is 32.2. The van der Waals surface area contributed by atoms with Crippen LogP contribution in [0.2, 0.25) is 0 Å². The minimum Gasteiger partial charge on any atom is -0.392 e. The highest BCUT2D eigenvalue weighted by Gasteiger charge is 2.33. The van der Waals surface area contributed by atoms with Gasteiger partial charge in [-0.3, -0.25) is 4.79 Å². The van der Waals surface area contributed by atoms with Crippen molar-refractivity contribution in [3.05, 3.63) is 30.3 Å². The van der Waals surface area contributed by atoms with Crippen molar-refractivity contribution >= 4 is 15.9 Å². The molecular formula is C16H23N3O4S. The highest BCUT2D eigenvalue weighted by molar-refractivity contribution is 7.89. The van der Waals surface area contributed by atoms with Crippen LogP contribution in [0, 0.1) is 0 Å². The first kappa shape index (κ1) is 17.3. The molecule has 0 aromatic heterocycles. The minimum atomic E-state index is -3.52. The summed E-state index contributed by atoms with van der Waals surface area (Å²) in [6.07, 6.45) is 0.537. The maximum atomic E-state index is 12.7. The summed E-state index contributed by atoms with van der Waals surface area (Å²) in [6, 6.07) is 8.01. The summed E-state index contributed by atoms with van der Waals surface area (Å²) < 4.78 is 26.8. The van der Waals surface area contributed by atoms with E-state index in [-0.39, 0.29) is 23.4 Å². The van der Waals surface area contributed by atoms with E-state index >= 15 is 0 Å². The molecule has 0 radical (unpaired) electrons. The molecule has 0 saturated carbocycles. The SMILES string of the molecule is O=C(C1CC(O)CN1)N1CCCN(S(=O)(=O)c2ccccc2)CC1. The minimum absolute atomic E-state index is 0.0505. The van der Waals surface area contributed by atoms with Crippen molar-refractivity contribution in [3.8, 4) is 0 Å². The number of aliphatic hydroxyl groups excluding tert-OH is 1. The Bertz CT molecular complexity index is 680. The van der Waals surface area contributed by atoms with E-state index in [1.807, 2.05) is 0 Å². The maximum absolute atomic E-state index is 12.7. The number of aliphatic hydroxyl groups is 1. The predicted molar refractivity (Wildman–Crippen MR) is 88.8 cm³/mol. The molecule has 7 nitrogen and oxygen atoms in total. The molecule has 0 aliphatic carbocycles. The molecule has 1 amide bonds. The van der Waals surface area contributed by atoms with E-state index < -0.39 is 16.1 Å². The van der Waals surface area contributed by atoms with Gasteiger partial charge < -0.3 is 15.3 Å². The van der Waals surface area contributed by atoms with Crippen LogP contribution in [-0.4, -0.2) is 73.5 Å². The molecule has 2 aliphatic heterocycles. The number of β-amino-alcohol motifs (C(OH)–C–C–N with tert-alkyl or cyclic N) is 1. The van der Waals surface area contributed by atoms with Crippen molar-refractivity contribution in [1.82, 2.24) is 14.5 Å². The third-order valence-corrected chi connectivity index (χ3v) is 6.47. The van der Waals surface area contributed by atoms with Gasteiger partial charge in [-0.15, -0.1) is 0 Å². The van der Waals surface area contributed by atoms with Gasteiger partial charge in [0, 0.05) is 32.7 Å². The van der Waals surface area contributed by atoms with Gasteiger partial charge in [0.1, 0.15) is 0 Å². The zero-order valence-electron chi connectivity index (χ0n) is 13.5. The zero-order valence-corrected chi connectivity index (χ0v) is 14.3. The van der Waals surface area contributed by atoms with Crippen LogP contribution in [0.1, 0.15) is 12.8 Å². The topological polar surface area (TPSA) is 89.9 Å². The van der Waals surface area contributed by atoms with Gasteiger partial charge in [0.15, 0.2) is 0 Å². The number of benzene rings is 1. The summed E-state index contributed by atoms with van der Waals surface area (Å²) in [7, 11) is -3.52. The Balaban J connectivity index is 1.66. The largest absolute Gasteiger partial charge is 0.392 e. The van der Waals surface area contributed by atoms with Crippen LogP contribution in [0.5, 0.6) is 0 Å². The molecule has 2 atom stereocenters. The Kier molecular flexibility index (Phi) is 5.19. The fraction of sp³-hybridized carbons (Fsp3) is 0.562. The summed E-state index contributed by atoms with van der Waals surface area (Å²) in [5, 5.41) is 12.6. The number of rotatable bonds is 3. The molecule has 1 aromatic carbocycles. The molecular weight excluding hydrogens is 330 g/mol. The number of amides is 1. The van der Waals surface area contributed by atoms with Crippen LogP contribution in [-0.2, 0) is 14.8 Å². The summed E-state index contributed by atoms with van der Waals surface area (Å²) in [6.45, 7) is 2.03. The van der Waals surface area contributed by atoms with E-state index in [2.05, 4.69) is 5.32 Å². The summed E-state index contributed by atoms with van der Waals surface area (Å²) in [5.74, 6) is -0.0505. The lowest BCUT2D eigenvalue weighted by molar-refractivity contribution is -0.133. The van der Waals surface area contributed by atoms with Crippen LogP contribution in [0.3, 0.4) is 0 Å². The van der Waals surface area contributed by atoms with Gasteiger partial charge >= 0.3 is 0 Å². The van der Waals surface area contributed by atoms with Crippen molar-refractivity contribution in [2.75, 3.05) is 32.7 Å². The predicted octanol–water partition coefficient (Wildman–Crippen LogP) is -0.368. The van der Waals surface area contributed by atoms with E-state index in [4.69, 9.17) is 0 Å². The third kappa shape index (κ3) is 3.61. The molecule has 0 spiro atoms. The third-order valence-electron chi connectivity index (χ3n) is 4.55. The van der Waals surface area contributed by atoms with E-state index in [1.165, 1.54) is 4.31 Å². The van der Waals surface area contributed by atoms with Crippen LogP contribution >= 0.6 is 0 Å². The van der Waals surface area contributed by atoms with Gasteiger partial charge in [0.2, 0.25) is 15.9 Å². The Labute approximate surface area is 142 Å². The second kappa shape index (κ2) is 7.18. The molecule has 2 fully saturated rings. The van der Waals surface area contributed by atoms with E-state index in [9.17, 15) is 18.3 Å². The van der Waals surface area contributed by atoms with Gasteiger partial charge in [-0.25, -0.2) is 8.42 Å². The van der Waals surface area contributed by atoms with Gasteiger partial charge in [-0.2, -0.15) is 4.31 Å². The van der Waals surface area contributed by atoms with Gasteiger partial charge in [0.05, 0.1) is 17.0 Å². The zero-order chi connectivity index (χ0) is 17.2. The fourth-order valence-electron chi connectivity index (χ4n) is 3.22. The normalized spacial score (nSPS) is 26.3. The van der Waals surface area contributed by atoms with Crippen molar-refractivity contribution in [2.24, 2.45) is 0 Å². The standard InChI is InChI=1S/C16H23N3O4S/c20-13-11-15(17-12-13)16(21)18-7-4-8-19(10-9-18)24(22,23)14-5-2-1-3-6-14/h1-3,5-6,13,15,17,20H,4,7-12H2. The van der Waals surface area contributed by atoms with E-state index in [1.54, 1.807) is 35.2 Å². The number of hydrogen-bond acceptors (Lipinski definition) is 5. The average Bonchev–Trinajstić information content (AvgIpc) is 2.86. The number of hydrogen-bond donors (Lipinski definition) is 2. The highest BCUT2D eigenvalue weighted by Crippen LogP contribution is 2.18. The van der Waals surface area contributed by atoms with Crippen molar-refractivity contribution < 1.29 is 18.3 Å². The lowest BCUT2D eigenvalue weighted by Crippen LogP contribution is -2.45. The molecule has 1 aromatic rings. The first-order valence-corrected chi connectivity index (χ1v) is 9.68. The first-order chi connectivity index (χ1) is 11.5. The molecule has 2 saturated heterocycles. The van der Waals surface area contributed by atoms with Crippen molar-refractivity contribution in [3.63, 3.8) is 0 Å². The second-order valence-electron chi connectivity index (χ2n) is 6.25. The fourth-order valence-corrected chi connectivity index (χ4v) is 4.71. The number of nitrogens with zero attached hydrogens (tertiary/aromatic N) is 2. The molecule has 8 heteroatoms. The van der Waals surface area contributed by atoms with Crippen LogP contribution in [0.25, 0.3) is 0 Å². The van der Waals surface area contributed by atoms with Crippen LogP contribution in [0.4, 0.5) is 0 Å². The summed E-state index contributed by atoms with van der Waals surface area (Å²) in [5.41, 5.74) is 0. The van der Waals surface area contributed by atoms with Crippen LogP contribution < -0.4 is 5.32 Å². The summed E-state index contributed by atoms with van der Waals surface area (Å²) >= 11 is 0. The Morgan fingerprint density at radius 1 is 1.12 bits per heavy atom. The molecule has 2 heterocycles. The number of carbonyl (C=O) groups excluding carboxylic acids is 1. The van der Waals surface area contributed by atoms with Crippen molar-refractivity contribution in [1.29, 1.82) is 0 Å². The Hall–Kier alpha value is -1.48. The molecule has 3 rings (SSSR count).